The average Bonchev–Trinajstić information content (AvgIpc) is 3.37. The van der Waals surface area contributed by atoms with Crippen LogP contribution in [0.25, 0.3) is 21.6 Å². The van der Waals surface area contributed by atoms with Gasteiger partial charge in [0.15, 0.2) is 12.4 Å². The molecule has 0 aliphatic carbocycles. The Hall–Kier alpha value is -2.22. The largest absolute Gasteiger partial charge is 0.748 e. The van der Waals surface area contributed by atoms with E-state index < -0.39 is 10.1 Å². The third-order valence-corrected chi connectivity index (χ3v) is 6.90. The Morgan fingerprint density at radius 2 is 1.44 bits per heavy atom. The minimum Gasteiger partial charge on any atom is -0.748 e. The zero-order chi connectivity index (χ0) is 26.4. The number of rotatable bonds is 13. The molecule has 0 unspecified atom stereocenters. The second-order valence-electron chi connectivity index (χ2n) is 9.27. The van der Waals surface area contributed by atoms with Gasteiger partial charge in [0.2, 0.25) is 0 Å². The van der Waals surface area contributed by atoms with Crippen LogP contribution in [-0.2, 0) is 17.2 Å². The predicted octanol–water partition coefficient (Wildman–Crippen LogP) is 7.04. The van der Waals surface area contributed by atoms with Crippen LogP contribution in [0, 0.1) is 0 Å². The number of pyridine rings is 1. The van der Waals surface area contributed by atoms with E-state index in [1.807, 2.05) is 11.3 Å². The molecule has 0 amide bonds. The van der Waals surface area contributed by atoms with Gasteiger partial charge in [-0.2, -0.15) is 0 Å². The second kappa shape index (κ2) is 15.8. The molecule has 0 aliphatic rings. The Labute approximate surface area is 222 Å². The van der Waals surface area contributed by atoms with E-state index in [1.165, 1.54) is 91.7 Å². The van der Waals surface area contributed by atoms with Gasteiger partial charge in [-0.3, -0.25) is 0 Å². The number of hydrogen-bond donors (Lipinski definition) is 0. The lowest BCUT2D eigenvalue weighted by Gasteiger charge is -2.25. The van der Waals surface area contributed by atoms with E-state index in [-0.39, 0.29) is 0 Å². The standard InChI is InChI=1S/C28H39N2S.CH4O3S/c1-4-6-8-10-19-30(20-11-9-7-5-2)25-16-14-24(15-17-25)27-23-29(3)21-18-26(27)28-13-12-22-31-28;1-5(2,3)4/h12-18,21-23H,4-11,19-20H2,1-3H3;1H3,(H,2,3,4)/q+1;/p-1. The van der Waals surface area contributed by atoms with Gasteiger partial charge in [0, 0.05) is 41.5 Å². The molecule has 0 atom stereocenters. The Morgan fingerprint density at radius 3 is 1.94 bits per heavy atom. The Bertz CT molecular complexity index is 1090. The molecular weight excluding hydrogens is 488 g/mol. The van der Waals surface area contributed by atoms with Gasteiger partial charge in [0.1, 0.15) is 7.05 Å². The molecule has 0 radical (unpaired) electrons. The zero-order valence-corrected chi connectivity index (χ0v) is 23.9. The van der Waals surface area contributed by atoms with Crippen LogP contribution in [0.4, 0.5) is 5.69 Å². The minimum atomic E-state index is -3.92. The average molecular weight is 531 g/mol. The highest BCUT2D eigenvalue weighted by Crippen LogP contribution is 2.34. The third-order valence-electron chi connectivity index (χ3n) is 5.99. The van der Waals surface area contributed by atoms with Crippen molar-refractivity contribution in [1.82, 2.24) is 0 Å². The van der Waals surface area contributed by atoms with Crippen molar-refractivity contribution < 1.29 is 17.5 Å². The molecule has 2 heterocycles. The summed E-state index contributed by atoms with van der Waals surface area (Å²) in [5.74, 6) is 0. The van der Waals surface area contributed by atoms with Crippen molar-refractivity contribution in [2.45, 2.75) is 65.2 Å². The second-order valence-corrected chi connectivity index (χ2v) is 11.6. The first-order valence-corrected chi connectivity index (χ1v) is 15.7. The van der Waals surface area contributed by atoms with Gasteiger partial charge in [-0.15, -0.1) is 11.3 Å². The molecule has 0 saturated carbocycles. The van der Waals surface area contributed by atoms with E-state index in [0.717, 1.165) is 0 Å². The molecular formula is C29H42N2O3S2. The van der Waals surface area contributed by atoms with Crippen molar-refractivity contribution in [3.05, 3.63) is 60.2 Å². The van der Waals surface area contributed by atoms with Crippen LogP contribution in [0.2, 0.25) is 0 Å². The smallest absolute Gasteiger partial charge is 0.177 e. The lowest BCUT2D eigenvalue weighted by molar-refractivity contribution is -0.670. The fourth-order valence-corrected chi connectivity index (χ4v) is 4.92. The Balaban J connectivity index is 0.000000830. The normalized spacial score (nSPS) is 11.1. The molecule has 0 N–H and O–H groups in total. The monoisotopic (exact) mass is 530 g/mol. The SMILES string of the molecule is CCCCCCN(CCCCCC)c1ccc(-c2c[n+](C)ccc2-c2cccs2)cc1.CS(=O)(=O)[O-]. The lowest BCUT2D eigenvalue weighted by atomic mass is 10.0. The van der Waals surface area contributed by atoms with Crippen molar-refractivity contribution in [3.63, 3.8) is 0 Å². The van der Waals surface area contributed by atoms with Crippen molar-refractivity contribution in [2.75, 3.05) is 24.2 Å². The summed E-state index contributed by atoms with van der Waals surface area (Å²) in [6, 6.07) is 15.9. The Kier molecular flexibility index (Phi) is 13.2. The number of thiophene rings is 1. The topological polar surface area (TPSA) is 64.3 Å². The summed E-state index contributed by atoms with van der Waals surface area (Å²) in [4.78, 5) is 3.94. The quantitative estimate of drug-likeness (QED) is 0.135. The molecule has 0 spiro atoms. The van der Waals surface area contributed by atoms with Crippen molar-refractivity contribution in [3.8, 4) is 21.6 Å². The molecule has 5 nitrogen and oxygen atoms in total. The van der Waals surface area contributed by atoms with Crippen LogP contribution in [0.1, 0.15) is 65.2 Å². The summed E-state index contributed by atoms with van der Waals surface area (Å²) < 4.78 is 29.4. The van der Waals surface area contributed by atoms with E-state index in [9.17, 15) is 0 Å². The number of anilines is 1. The summed E-state index contributed by atoms with van der Waals surface area (Å²) >= 11 is 1.81. The van der Waals surface area contributed by atoms with E-state index in [4.69, 9.17) is 13.0 Å². The van der Waals surface area contributed by atoms with Gasteiger partial charge in [-0.25, -0.2) is 13.0 Å². The molecule has 3 rings (SSSR count). The predicted molar refractivity (Wildman–Crippen MR) is 152 cm³/mol. The highest BCUT2D eigenvalue weighted by Gasteiger charge is 2.13. The summed E-state index contributed by atoms with van der Waals surface area (Å²) in [6.45, 7) is 6.92. The Morgan fingerprint density at radius 1 is 0.861 bits per heavy atom. The van der Waals surface area contributed by atoms with E-state index in [1.54, 1.807) is 0 Å². The maximum atomic E-state index is 9.08. The maximum Gasteiger partial charge on any atom is 0.177 e. The first-order chi connectivity index (χ1) is 17.2. The number of unbranched alkanes of at least 4 members (excludes halogenated alkanes) is 6. The van der Waals surface area contributed by atoms with Crippen molar-refractivity contribution in [2.24, 2.45) is 7.05 Å². The molecule has 2 aromatic heterocycles. The maximum absolute atomic E-state index is 9.08. The molecule has 0 aliphatic heterocycles. The summed E-state index contributed by atoms with van der Waals surface area (Å²) in [5, 5.41) is 2.16. The molecule has 3 aromatic rings. The fourth-order valence-electron chi connectivity index (χ4n) is 4.16. The first-order valence-electron chi connectivity index (χ1n) is 13.0. The molecule has 7 heteroatoms. The van der Waals surface area contributed by atoms with E-state index >= 15 is 0 Å². The van der Waals surface area contributed by atoms with Gasteiger partial charge in [-0.05, 0) is 42.0 Å². The summed E-state index contributed by atoms with van der Waals surface area (Å²) in [7, 11) is -1.82. The van der Waals surface area contributed by atoms with Crippen LogP contribution < -0.4 is 9.47 Å². The van der Waals surface area contributed by atoms with Crippen molar-refractivity contribution >= 4 is 27.1 Å². The first kappa shape index (κ1) is 30.0. The van der Waals surface area contributed by atoms with Gasteiger partial charge in [0.25, 0.3) is 0 Å². The van der Waals surface area contributed by atoms with Crippen molar-refractivity contribution in [1.29, 1.82) is 0 Å². The van der Waals surface area contributed by atoms with Crippen LogP contribution in [0.5, 0.6) is 0 Å². The van der Waals surface area contributed by atoms with Gasteiger partial charge in [-0.1, -0.05) is 70.6 Å². The summed E-state index contributed by atoms with van der Waals surface area (Å²) in [6.07, 6.45) is 15.5. The van der Waals surface area contributed by atoms with Gasteiger partial charge < -0.3 is 9.45 Å². The zero-order valence-electron chi connectivity index (χ0n) is 22.3. The molecule has 0 bridgehead atoms. The van der Waals surface area contributed by atoms with Gasteiger partial charge >= 0.3 is 0 Å². The number of nitrogens with zero attached hydrogens (tertiary/aromatic N) is 2. The molecule has 198 valence electrons. The van der Waals surface area contributed by atoms with Crippen LogP contribution >= 0.6 is 11.3 Å². The number of benzene rings is 1. The molecule has 0 fully saturated rings. The fraction of sp³-hybridized carbons (Fsp3) is 0.483. The highest BCUT2D eigenvalue weighted by atomic mass is 32.2. The van der Waals surface area contributed by atoms with Crippen LogP contribution in [-0.4, -0.2) is 32.3 Å². The van der Waals surface area contributed by atoms with E-state index in [2.05, 4.69) is 90.6 Å². The highest BCUT2D eigenvalue weighted by molar-refractivity contribution is 7.84. The summed E-state index contributed by atoms with van der Waals surface area (Å²) in [5.41, 5.74) is 5.28. The number of hydrogen-bond acceptors (Lipinski definition) is 5. The van der Waals surface area contributed by atoms with Crippen LogP contribution in [0.3, 0.4) is 0 Å². The third kappa shape index (κ3) is 11.2. The van der Waals surface area contributed by atoms with Crippen LogP contribution in [0.15, 0.2) is 60.2 Å². The molecule has 1 aromatic carbocycles. The number of aromatic nitrogens is 1. The lowest BCUT2D eigenvalue weighted by Crippen LogP contribution is -2.26. The van der Waals surface area contributed by atoms with Gasteiger partial charge in [0.05, 0.1) is 15.7 Å². The molecule has 0 saturated heterocycles. The minimum absolute atomic E-state index is 0.604. The molecule has 36 heavy (non-hydrogen) atoms. The van der Waals surface area contributed by atoms with E-state index in [0.29, 0.717) is 6.26 Å². The number of aryl methyl sites for hydroxylation is 1.